The van der Waals surface area contributed by atoms with Gasteiger partial charge >= 0.3 is 5.97 Å². The molecule has 0 bridgehead atoms. The second-order valence-corrected chi connectivity index (χ2v) is 5.95. The van der Waals surface area contributed by atoms with Gasteiger partial charge in [0.05, 0.1) is 6.42 Å². The van der Waals surface area contributed by atoms with E-state index in [2.05, 4.69) is 12.2 Å². The van der Waals surface area contributed by atoms with Crippen LogP contribution in [0.2, 0.25) is 0 Å². The van der Waals surface area contributed by atoms with Gasteiger partial charge in [-0.25, -0.2) is 4.79 Å². The second-order valence-electron chi connectivity index (χ2n) is 5.95. The van der Waals surface area contributed by atoms with E-state index >= 15 is 0 Å². The summed E-state index contributed by atoms with van der Waals surface area (Å²) >= 11 is 0. The van der Waals surface area contributed by atoms with Crippen LogP contribution in [0.15, 0.2) is 30.3 Å². The Hall–Kier alpha value is -1.84. The van der Waals surface area contributed by atoms with Crippen molar-refractivity contribution in [2.75, 3.05) is 0 Å². The lowest BCUT2D eigenvalue weighted by atomic mass is 9.75. The van der Waals surface area contributed by atoms with Gasteiger partial charge in [0.2, 0.25) is 5.91 Å². The van der Waals surface area contributed by atoms with Crippen LogP contribution in [0.4, 0.5) is 0 Å². The number of aliphatic carboxylic acids is 1. The standard InChI is InChI=1S/C17H23NO3/c1-2-13-8-10-17(11-9-13,16(20)21)18-15(19)12-14-6-4-3-5-7-14/h3-7,13H,2,8-12H2,1H3,(H,18,19)(H,20,21). The molecule has 0 heterocycles. The maximum atomic E-state index is 12.2. The van der Waals surface area contributed by atoms with Gasteiger partial charge in [-0.05, 0) is 37.2 Å². The third kappa shape index (κ3) is 3.84. The number of carboxylic acids is 1. The van der Waals surface area contributed by atoms with E-state index in [4.69, 9.17) is 0 Å². The van der Waals surface area contributed by atoms with E-state index in [1.807, 2.05) is 30.3 Å². The number of nitrogens with one attached hydrogen (secondary N) is 1. The van der Waals surface area contributed by atoms with Crippen LogP contribution >= 0.6 is 0 Å². The van der Waals surface area contributed by atoms with Gasteiger partial charge in [0, 0.05) is 0 Å². The first-order valence-corrected chi connectivity index (χ1v) is 7.64. The molecule has 2 N–H and O–H groups in total. The highest BCUT2D eigenvalue weighted by Gasteiger charge is 2.42. The Bertz CT molecular complexity index is 490. The number of hydrogen-bond donors (Lipinski definition) is 2. The molecule has 1 aromatic carbocycles. The molecule has 1 saturated carbocycles. The van der Waals surface area contributed by atoms with Crippen LogP contribution in [-0.4, -0.2) is 22.5 Å². The summed E-state index contributed by atoms with van der Waals surface area (Å²) in [6, 6.07) is 9.40. The number of rotatable bonds is 5. The maximum Gasteiger partial charge on any atom is 0.329 e. The Morgan fingerprint density at radius 1 is 1.24 bits per heavy atom. The van der Waals surface area contributed by atoms with Gasteiger partial charge in [0.1, 0.15) is 5.54 Å². The quantitative estimate of drug-likeness (QED) is 0.876. The highest BCUT2D eigenvalue weighted by atomic mass is 16.4. The molecular weight excluding hydrogens is 266 g/mol. The van der Waals surface area contributed by atoms with E-state index in [9.17, 15) is 14.7 Å². The molecule has 0 aromatic heterocycles. The summed E-state index contributed by atoms with van der Waals surface area (Å²) in [7, 11) is 0. The Morgan fingerprint density at radius 3 is 2.38 bits per heavy atom. The van der Waals surface area contributed by atoms with Crippen molar-refractivity contribution in [1.82, 2.24) is 5.32 Å². The maximum absolute atomic E-state index is 12.2. The molecule has 1 amide bonds. The van der Waals surface area contributed by atoms with Crippen molar-refractivity contribution in [3.8, 4) is 0 Å². The minimum Gasteiger partial charge on any atom is -0.480 e. The predicted molar refractivity (Wildman–Crippen MR) is 80.9 cm³/mol. The fourth-order valence-corrected chi connectivity index (χ4v) is 3.06. The van der Waals surface area contributed by atoms with E-state index in [0.29, 0.717) is 18.8 Å². The molecule has 1 aliphatic rings. The van der Waals surface area contributed by atoms with E-state index in [1.165, 1.54) is 0 Å². The molecule has 1 fully saturated rings. The van der Waals surface area contributed by atoms with Crippen LogP contribution in [0.25, 0.3) is 0 Å². The average Bonchev–Trinajstić information content (AvgIpc) is 2.48. The van der Waals surface area contributed by atoms with E-state index in [0.717, 1.165) is 24.8 Å². The molecule has 0 radical (unpaired) electrons. The molecule has 0 spiro atoms. The van der Waals surface area contributed by atoms with Crippen molar-refractivity contribution in [1.29, 1.82) is 0 Å². The molecule has 114 valence electrons. The molecule has 21 heavy (non-hydrogen) atoms. The lowest BCUT2D eigenvalue weighted by Crippen LogP contribution is -2.56. The summed E-state index contributed by atoms with van der Waals surface area (Å²) in [5.41, 5.74) is -0.171. The SMILES string of the molecule is CCC1CCC(NC(=O)Cc2ccccc2)(C(=O)O)CC1. The zero-order valence-corrected chi connectivity index (χ0v) is 12.5. The smallest absolute Gasteiger partial charge is 0.329 e. The molecule has 0 saturated heterocycles. The summed E-state index contributed by atoms with van der Waals surface area (Å²) in [6.45, 7) is 2.13. The first kappa shape index (κ1) is 15.5. The molecule has 0 unspecified atom stereocenters. The minimum absolute atomic E-state index is 0.210. The number of hydrogen-bond acceptors (Lipinski definition) is 2. The second kappa shape index (κ2) is 6.74. The topological polar surface area (TPSA) is 66.4 Å². The number of carboxylic acid groups (broad SMARTS) is 1. The minimum atomic E-state index is -1.07. The Kier molecular flexibility index (Phi) is 4.99. The fourth-order valence-electron chi connectivity index (χ4n) is 3.06. The molecule has 0 aliphatic heterocycles. The monoisotopic (exact) mass is 289 g/mol. The lowest BCUT2D eigenvalue weighted by Gasteiger charge is -2.37. The molecule has 1 aliphatic carbocycles. The van der Waals surface area contributed by atoms with Crippen molar-refractivity contribution in [3.05, 3.63) is 35.9 Å². The van der Waals surface area contributed by atoms with Crippen LogP contribution in [0.5, 0.6) is 0 Å². The predicted octanol–water partition coefficient (Wildman–Crippen LogP) is 2.77. The molecule has 2 rings (SSSR count). The van der Waals surface area contributed by atoms with E-state index < -0.39 is 11.5 Å². The van der Waals surface area contributed by atoms with Gasteiger partial charge < -0.3 is 10.4 Å². The van der Waals surface area contributed by atoms with Gasteiger partial charge in [0.25, 0.3) is 0 Å². The molecule has 1 aromatic rings. The summed E-state index contributed by atoms with van der Waals surface area (Å²) in [5, 5.41) is 12.3. The van der Waals surface area contributed by atoms with Gasteiger partial charge in [-0.1, -0.05) is 43.7 Å². The number of amides is 1. The van der Waals surface area contributed by atoms with Gasteiger partial charge in [-0.3, -0.25) is 4.79 Å². The van der Waals surface area contributed by atoms with Gasteiger partial charge in [-0.15, -0.1) is 0 Å². The Morgan fingerprint density at radius 2 is 1.86 bits per heavy atom. The summed E-state index contributed by atoms with van der Waals surface area (Å²) in [6.07, 6.45) is 4.10. The zero-order valence-electron chi connectivity index (χ0n) is 12.5. The lowest BCUT2D eigenvalue weighted by molar-refractivity contribution is -0.149. The van der Waals surface area contributed by atoms with Crippen molar-refractivity contribution < 1.29 is 14.7 Å². The third-order valence-electron chi connectivity index (χ3n) is 4.53. The van der Waals surface area contributed by atoms with Crippen molar-refractivity contribution >= 4 is 11.9 Å². The molecule has 4 nitrogen and oxygen atoms in total. The van der Waals surface area contributed by atoms with Crippen molar-refractivity contribution in [2.24, 2.45) is 5.92 Å². The first-order valence-electron chi connectivity index (χ1n) is 7.64. The number of benzene rings is 1. The highest BCUT2D eigenvalue weighted by molar-refractivity contribution is 5.88. The largest absolute Gasteiger partial charge is 0.480 e. The van der Waals surface area contributed by atoms with Crippen LogP contribution < -0.4 is 5.32 Å². The van der Waals surface area contributed by atoms with E-state index in [1.54, 1.807) is 0 Å². The molecular formula is C17H23NO3. The summed E-state index contributed by atoms with van der Waals surface area (Å²) in [4.78, 5) is 23.8. The molecule has 0 atom stereocenters. The third-order valence-corrected chi connectivity index (χ3v) is 4.53. The summed E-state index contributed by atoms with van der Waals surface area (Å²) < 4.78 is 0. The highest BCUT2D eigenvalue weighted by Crippen LogP contribution is 2.34. The van der Waals surface area contributed by atoms with E-state index in [-0.39, 0.29) is 12.3 Å². The summed E-state index contributed by atoms with van der Waals surface area (Å²) in [5.74, 6) is -0.527. The van der Waals surface area contributed by atoms with Crippen LogP contribution in [0.1, 0.15) is 44.6 Å². The van der Waals surface area contributed by atoms with Crippen LogP contribution in [0, 0.1) is 5.92 Å². The zero-order chi connectivity index (χ0) is 15.3. The van der Waals surface area contributed by atoms with Crippen molar-refractivity contribution in [3.63, 3.8) is 0 Å². The van der Waals surface area contributed by atoms with Gasteiger partial charge in [0.15, 0.2) is 0 Å². The van der Waals surface area contributed by atoms with Crippen LogP contribution in [-0.2, 0) is 16.0 Å². The Balaban J connectivity index is 2.00. The normalized spacial score (nSPS) is 25.3. The first-order chi connectivity index (χ1) is 10.1. The molecule has 4 heteroatoms. The number of carbonyl (C=O) groups excluding carboxylic acids is 1. The fraction of sp³-hybridized carbons (Fsp3) is 0.529. The van der Waals surface area contributed by atoms with Crippen molar-refractivity contribution in [2.45, 2.75) is 51.0 Å². The van der Waals surface area contributed by atoms with Gasteiger partial charge in [-0.2, -0.15) is 0 Å². The van der Waals surface area contributed by atoms with Crippen LogP contribution in [0.3, 0.4) is 0 Å². The average molecular weight is 289 g/mol. The number of carbonyl (C=O) groups is 2. The Labute approximate surface area is 125 Å².